The number of rotatable bonds is 3. The highest BCUT2D eigenvalue weighted by atomic mass is 16.5. The average molecular weight is 279 g/mol. The topological polar surface area (TPSA) is 42.4 Å². The zero-order valence-electron chi connectivity index (χ0n) is 12.1. The van der Waals surface area contributed by atoms with E-state index in [9.17, 15) is 5.11 Å². The SMILES string of the molecule is COc1nc2ccccc2cc1-c1cccc(C(C)O)c1. The van der Waals surface area contributed by atoms with Crippen molar-refractivity contribution in [2.24, 2.45) is 0 Å². The van der Waals surface area contributed by atoms with Gasteiger partial charge >= 0.3 is 0 Å². The molecule has 0 fully saturated rings. The molecule has 21 heavy (non-hydrogen) atoms. The lowest BCUT2D eigenvalue weighted by Gasteiger charge is -2.12. The van der Waals surface area contributed by atoms with E-state index in [0.29, 0.717) is 5.88 Å². The molecule has 3 rings (SSSR count). The second kappa shape index (κ2) is 5.54. The summed E-state index contributed by atoms with van der Waals surface area (Å²) in [5.41, 5.74) is 3.70. The fraction of sp³-hybridized carbons (Fsp3) is 0.167. The lowest BCUT2D eigenvalue weighted by atomic mass is 10.0. The Labute approximate surface area is 123 Å². The van der Waals surface area contributed by atoms with Crippen molar-refractivity contribution in [2.45, 2.75) is 13.0 Å². The zero-order valence-corrected chi connectivity index (χ0v) is 12.1. The Kier molecular flexibility index (Phi) is 3.59. The van der Waals surface area contributed by atoms with Crippen molar-refractivity contribution in [2.75, 3.05) is 7.11 Å². The predicted octanol–water partition coefficient (Wildman–Crippen LogP) is 3.96. The zero-order chi connectivity index (χ0) is 14.8. The first-order valence-corrected chi connectivity index (χ1v) is 6.91. The quantitative estimate of drug-likeness (QED) is 0.789. The Morgan fingerprint density at radius 3 is 2.62 bits per heavy atom. The van der Waals surface area contributed by atoms with Crippen LogP contribution in [0.3, 0.4) is 0 Å². The summed E-state index contributed by atoms with van der Waals surface area (Å²) in [6, 6.07) is 17.8. The highest BCUT2D eigenvalue weighted by molar-refractivity contribution is 5.86. The third-order valence-electron chi connectivity index (χ3n) is 3.56. The summed E-state index contributed by atoms with van der Waals surface area (Å²) in [7, 11) is 1.62. The van der Waals surface area contributed by atoms with E-state index in [1.807, 2.05) is 48.5 Å². The van der Waals surface area contributed by atoms with Crippen LogP contribution in [-0.2, 0) is 0 Å². The van der Waals surface area contributed by atoms with E-state index < -0.39 is 6.10 Å². The van der Waals surface area contributed by atoms with E-state index in [-0.39, 0.29) is 0 Å². The Morgan fingerprint density at radius 1 is 1.05 bits per heavy atom. The van der Waals surface area contributed by atoms with Gasteiger partial charge in [-0.25, -0.2) is 4.98 Å². The number of hydrogen-bond acceptors (Lipinski definition) is 3. The highest BCUT2D eigenvalue weighted by Gasteiger charge is 2.11. The minimum atomic E-state index is -0.496. The van der Waals surface area contributed by atoms with E-state index in [1.165, 1.54) is 0 Å². The highest BCUT2D eigenvalue weighted by Crippen LogP contribution is 2.32. The molecule has 0 saturated heterocycles. The Balaban J connectivity index is 2.21. The van der Waals surface area contributed by atoms with Crippen molar-refractivity contribution in [1.29, 1.82) is 0 Å². The summed E-state index contributed by atoms with van der Waals surface area (Å²) in [5, 5.41) is 10.8. The molecule has 3 aromatic rings. The molecule has 2 aromatic carbocycles. The van der Waals surface area contributed by atoms with E-state index in [1.54, 1.807) is 14.0 Å². The van der Waals surface area contributed by atoms with E-state index in [4.69, 9.17) is 4.74 Å². The number of para-hydroxylation sites is 1. The first kappa shape index (κ1) is 13.6. The van der Waals surface area contributed by atoms with Gasteiger partial charge < -0.3 is 9.84 Å². The molecule has 1 unspecified atom stereocenters. The molecule has 0 bridgehead atoms. The van der Waals surface area contributed by atoms with Gasteiger partial charge in [-0.1, -0.05) is 36.4 Å². The second-order valence-electron chi connectivity index (χ2n) is 5.04. The van der Waals surface area contributed by atoms with Crippen molar-refractivity contribution in [1.82, 2.24) is 4.98 Å². The molecular formula is C18H17NO2. The lowest BCUT2D eigenvalue weighted by Crippen LogP contribution is -1.95. The van der Waals surface area contributed by atoms with Crippen LogP contribution in [0.4, 0.5) is 0 Å². The van der Waals surface area contributed by atoms with Crippen molar-refractivity contribution in [3.63, 3.8) is 0 Å². The number of ether oxygens (including phenoxy) is 1. The molecule has 0 radical (unpaired) electrons. The molecule has 0 aliphatic heterocycles. The summed E-state index contributed by atoms with van der Waals surface area (Å²) >= 11 is 0. The van der Waals surface area contributed by atoms with Crippen LogP contribution in [0.15, 0.2) is 54.6 Å². The number of pyridine rings is 1. The van der Waals surface area contributed by atoms with Crippen LogP contribution in [0.1, 0.15) is 18.6 Å². The third kappa shape index (κ3) is 2.60. The maximum Gasteiger partial charge on any atom is 0.221 e. The molecule has 3 nitrogen and oxygen atoms in total. The van der Waals surface area contributed by atoms with Crippen molar-refractivity contribution >= 4 is 10.9 Å². The number of aromatic nitrogens is 1. The fourth-order valence-electron chi connectivity index (χ4n) is 2.43. The molecule has 106 valence electrons. The number of benzene rings is 2. The van der Waals surface area contributed by atoms with Crippen molar-refractivity contribution in [3.05, 3.63) is 60.2 Å². The maximum atomic E-state index is 9.75. The number of methoxy groups -OCH3 is 1. The van der Waals surface area contributed by atoms with E-state index in [2.05, 4.69) is 11.1 Å². The average Bonchev–Trinajstić information content (AvgIpc) is 2.53. The van der Waals surface area contributed by atoms with Crippen LogP contribution in [0.25, 0.3) is 22.0 Å². The third-order valence-corrected chi connectivity index (χ3v) is 3.56. The molecule has 0 saturated carbocycles. The van der Waals surface area contributed by atoms with Crippen LogP contribution in [-0.4, -0.2) is 17.2 Å². The summed E-state index contributed by atoms with van der Waals surface area (Å²) in [6.45, 7) is 1.76. The Morgan fingerprint density at radius 2 is 1.86 bits per heavy atom. The number of aliphatic hydroxyl groups excluding tert-OH is 1. The van der Waals surface area contributed by atoms with Gasteiger partial charge in [-0.3, -0.25) is 0 Å². The number of hydrogen-bond donors (Lipinski definition) is 1. The minimum absolute atomic E-state index is 0.496. The normalized spacial score (nSPS) is 12.3. The number of aliphatic hydroxyl groups is 1. The van der Waals surface area contributed by atoms with Crippen LogP contribution in [0, 0.1) is 0 Å². The van der Waals surface area contributed by atoms with Gasteiger partial charge in [0.05, 0.1) is 18.7 Å². The van der Waals surface area contributed by atoms with E-state index >= 15 is 0 Å². The molecule has 1 aromatic heterocycles. The van der Waals surface area contributed by atoms with Crippen molar-refractivity contribution in [3.8, 4) is 17.0 Å². The smallest absolute Gasteiger partial charge is 0.221 e. The Hall–Kier alpha value is -2.39. The molecule has 0 aliphatic carbocycles. The van der Waals surface area contributed by atoms with Gasteiger partial charge in [0.25, 0.3) is 0 Å². The van der Waals surface area contributed by atoms with Gasteiger partial charge in [-0.2, -0.15) is 0 Å². The van der Waals surface area contributed by atoms with Gasteiger partial charge in [-0.05, 0) is 36.2 Å². The monoisotopic (exact) mass is 279 g/mol. The van der Waals surface area contributed by atoms with Crippen LogP contribution in [0.2, 0.25) is 0 Å². The van der Waals surface area contributed by atoms with Gasteiger partial charge in [0.2, 0.25) is 5.88 Å². The van der Waals surface area contributed by atoms with Crippen LogP contribution < -0.4 is 4.74 Å². The molecule has 0 aliphatic rings. The van der Waals surface area contributed by atoms with Crippen LogP contribution >= 0.6 is 0 Å². The first-order valence-electron chi connectivity index (χ1n) is 6.91. The standard InChI is InChI=1S/C18H17NO2/c1-12(20)13-7-5-8-14(10-13)16-11-15-6-3-4-9-17(15)19-18(16)21-2/h3-12,20H,1-2H3. The molecule has 1 heterocycles. The molecule has 0 spiro atoms. The second-order valence-corrected chi connectivity index (χ2v) is 5.04. The van der Waals surface area contributed by atoms with Gasteiger partial charge in [0, 0.05) is 10.9 Å². The molecule has 1 atom stereocenters. The predicted molar refractivity (Wildman–Crippen MR) is 84.4 cm³/mol. The summed E-state index contributed by atoms with van der Waals surface area (Å²) in [6.07, 6.45) is -0.496. The summed E-state index contributed by atoms with van der Waals surface area (Å²) in [5.74, 6) is 0.594. The summed E-state index contributed by atoms with van der Waals surface area (Å²) < 4.78 is 5.43. The van der Waals surface area contributed by atoms with Gasteiger partial charge in [-0.15, -0.1) is 0 Å². The molecule has 3 heteroatoms. The fourth-order valence-corrected chi connectivity index (χ4v) is 2.43. The summed E-state index contributed by atoms with van der Waals surface area (Å²) in [4.78, 5) is 4.56. The van der Waals surface area contributed by atoms with Gasteiger partial charge in [0.15, 0.2) is 0 Å². The number of nitrogens with zero attached hydrogens (tertiary/aromatic N) is 1. The van der Waals surface area contributed by atoms with Gasteiger partial charge in [0.1, 0.15) is 0 Å². The lowest BCUT2D eigenvalue weighted by molar-refractivity contribution is 0.199. The van der Waals surface area contributed by atoms with Crippen molar-refractivity contribution < 1.29 is 9.84 Å². The largest absolute Gasteiger partial charge is 0.481 e. The minimum Gasteiger partial charge on any atom is -0.481 e. The maximum absolute atomic E-state index is 9.75. The first-order chi connectivity index (χ1) is 10.2. The number of fused-ring (bicyclic) bond motifs is 1. The molecule has 0 amide bonds. The van der Waals surface area contributed by atoms with E-state index in [0.717, 1.165) is 27.6 Å². The molecular weight excluding hydrogens is 262 g/mol. The van der Waals surface area contributed by atoms with Crippen LogP contribution in [0.5, 0.6) is 5.88 Å². The molecule has 1 N–H and O–H groups in total. The Bertz CT molecular complexity index is 781.